The second kappa shape index (κ2) is 7.50. The second-order valence-corrected chi connectivity index (χ2v) is 9.16. The van der Waals surface area contributed by atoms with Gasteiger partial charge in [0.25, 0.3) is 10.0 Å². The summed E-state index contributed by atoms with van der Waals surface area (Å²) in [6, 6.07) is 8.28. The molecule has 0 spiro atoms. The van der Waals surface area contributed by atoms with Crippen molar-refractivity contribution in [2.45, 2.75) is 11.1 Å². The molecule has 3 rings (SSSR count). The lowest BCUT2D eigenvalue weighted by Gasteiger charge is -2.04. The molecule has 0 fully saturated rings. The van der Waals surface area contributed by atoms with E-state index in [0.717, 1.165) is 16.0 Å². The van der Waals surface area contributed by atoms with Crippen LogP contribution in [0.1, 0.15) is 6.92 Å². The highest BCUT2D eigenvalue weighted by Gasteiger charge is 2.17. The third-order valence-corrected chi connectivity index (χ3v) is 6.87. The lowest BCUT2D eigenvalue weighted by atomic mass is 10.3. The Morgan fingerprint density at radius 3 is 2.69 bits per heavy atom. The van der Waals surface area contributed by atoms with Gasteiger partial charge < -0.3 is 10.6 Å². The summed E-state index contributed by atoms with van der Waals surface area (Å²) in [7, 11) is -3.70. The minimum atomic E-state index is -3.70. The lowest BCUT2D eigenvalue weighted by molar-refractivity contribution is -0.115. The van der Waals surface area contributed by atoms with Crippen LogP contribution < -0.4 is 15.4 Å². The van der Waals surface area contributed by atoms with E-state index in [1.54, 1.807) is 29.6 Å². The minimum absolute atomic E-state index is 0.149. The van der Waals surface area contributed by atoms with Crippen LogP contribution in [-0.2, 0) is 19.6 Å². The highest BCUT2D eigenvalue weighted by molar-refractivity contribution is 7.91. The number of hydrogen-bond acceptors (Lipinski definition) is 7. The molecular formula is C15H14N4O4S3. The predicted octanol–water partition coefficient (Wildman–Crippen LogP) is 2.23. The first-order valence-corrected chi connectivity index (χ1v) is 10.5. The molecule has 0 unspecified atom stereocenters. The molecule has 3 aromatic rings. The first kappa shape index (κ1) is 18.5. The van der Waals surface area contributed by atoms with Crippen LogP contribution in [0, 0.1) is 0 Å². The quantitative estimate of drug-likeness (QED) is 0.576. The topological polar surface area (TPSA) is 117 Å². The maximum atomic E-state index is 12.0. The Hall–Kier alpha value is -2.34. The van der Waals surface area contributed by atoms with Crippen LogP contribution in [0.15, 0.2) is 39.9 Å². The molecule has 8 nitrogen and oxygen atoms in total. The Morgan fingerprint density at radius 1 is 1.19 bits per heavy atom. The number of nitrogens with one attached hydrogen (secondary N) is 3. The first-order chi connectivity index (χ1) is 12.3. The van der Waals surface area contributed by atoms with E-state index in [0.29, 0.717) is 16.3 Å². The van der Waals surface area contributed by atoms with Gasteiger partial charge in [-0.05, 0) is 29.6 Å². The van der Waals surface area contributed by atoms with E-state index in [2.05, 4.69) is 20.3 Å². The molecule has 11 heteroatoms. The molecular weight excluding hydrogens is 396 g/mol. The summed E-state index contributed by atoms with van der Waals surface area (Å²) in [5, 5.41) is 7.23. The molecule has 0 aliphatic heterocycles. The molecule has 0 radical (unpaired) electrons. The van der Waals surface area contributed by atoms with Gasteiger partial charge in [-0.25, -0.2) is 18.1 Å². The first-order valence-electron chi connectivity index (χ1n) is 7.35. The molecule has 0 saturated carbocycles. The van der Waals surface area contributed by atoms with Crippen LogP contribution >= 0.6 is 22.7 Å². The number of carbonyl (C=O) groups is 2. The van der Waals surface area contributed by atoms with Crippen molar-refractivity contribution in [2.24, 2.45) is 0 Å². The van der Waals surface area contributed by atoms with Gasteiger partial charge in [0.2, 0.25) is 11.8 Å². The van der Waals surface area contributed by atoms with Gasteiger partial charge >= 0.3 is 0 Å². The average molecular weight is 411 g/mol. The van der Waals surface area contributed by atoms with Crippen LogP contribution in [0.5, 0.6) is 0 Å². The number of benzene rings is 1. The van der Waals surface area contributed by atoms with E-state index in [-0.39, 0.29) is 10.1 Å². The van der Waals surface area contributed by atoms with E-state index in [9.17, 15) is 18.0 Å². The van der Waals surface area contributed by atoms with E-state index >= 15 is 0 Å². The van der Waals surface area contributed by atoms with Gasteiger partial charge in [0.1, 0.15) is 4.21 Å². The zero-order chi connectivity index (χ0) is 18.7. The van der Waals surface area contributed by atoms with Crippen LogP contribution in [0.3, 0.4) is 0 Å². The standard InChI is InChI=1S/C15H14N4O4S3/c1-9(20)17-10-4-5-11-12(7-10)25-15(18-11)19-13(21)8-16-26(22,23)14-3-2-6-24-14/h2-7,16H,8H2,1H3,(H,17,20)(H,18,19,21). The van der Waals surface area contributed by atoms with Crippen molar-refractivity contribution in [2.75, 3.05) is 17.2 Å². The molecule has 0 aliphatic rings. The number of thiazole rings is 1. The number of rotatable bonds is 6. The van der Waals surface area contributed by atoms with Gasteiger partial charge in [-0.1, -0.05) is 17.4 Å². The third kappa shape index (κ3) is 4.43. The molecule has 2 amide bonds. The third-order valence-electron chi connectivity index (χ3n) is 3.14. The van der Waals surface area contributed by atoms with Crippen molar-refractivity contribution < 1.29 is 18.0 Å². The van der Waals surface area contributed by atoms with E-state index in [1.165, 1.54) is 24.3 Å². The molecule has 2 heterocycles. The molecule has 136 valence electrons. The van der Waals surface area contributed by atoms with Crippen molar-refractivity contribution in [3.8, 4) is 0 Å². The fourth-order valence-corrected chi connectivity index (χ4v) is 5.01. The number of amides is 2. The molecule has 3 N–H and O–H groups in total. The number of aromatic nitrogens is 1. The van der Waals surface area contributed by atoms with Gasteiger partial charge in [-0.2, -0.15) is 0 Å². The minimum Gasteiger partial charge on any atom is -0.326 e. The summed E-state index contributed by atoms with van der Waals surface area (Å²) in [5.41, 5.74) is 1.30. The fraction of sp³-hybridized carbons (Fsp3) is 0.133. The van der Waals surface area contributed by atoms with Crippen LogP contribution in [-0.4, -0.2) is 31.8 Å². The van der Waals surface area contributed by atoms with Crippen molar-refractivity contribution in [3.05, 3.63) is 35.7 Å². The Labute approximate surface area is 157 Å². The maximum absolute atomic E-state index is 12.0. The summed E-state index contributed by atoms with van der Waals surface area (Å²) < 4.78 is 27.2. The number of carbonyl (C=O) groups excluding carboxylic acids is 2. The normalized spacial score (nSPS) is 11.4. The smallest absolute Gasteiger partial charge is 0.250 e. The van der Waals surface area contributed by atoms with Gasteiger partial charge in [0, 0.05) is 12.6 Å². The molecule has 2 aromatic heterocycles. The van der Waals surface area contributed by atoms with Crippen molar-refractivity contribution >= 4 is 65.5 Å². The maximum Gasteiger partial charge on any atom is 0.250 e. The fourth-order valence-electron chi connectivity index (χ4n) is 2.07. The highest BCUT2D eigenvalue weighted by Crippen LogP contribution is 2.28. The van der Waals surface area contributed by atoms with E-state index in [1.807, 2.05) is 0 Å². The summed E-state index contributed by atoms with van der Waals surface area (Å²) in [4.78, 5) is 27.4. The summed E-state index contributed by atoms with van der Waals surface area (Å²) >= 11 is 2.30. The Morgan fingerprint density at radius 2 is 2.00 bits per heavy atom. The van der Waals surface area contributed by atoms with Crippen LogP contribution in [0.2, 0.25) is 0 Å². The van der Waals surface area contributed by atoms with Crippen molar-refractivity contribution in [3.63, 3.8) is 0 Å². The Kier molecular flexibility index (Phi) is 5.32. The van der Waals surface area contributed by atoms with Gasteiger partial charge in [0.15, 0.2) is 5.13 Å². The van der Waals surface area contributed by atoms with Crippen LogP contribution in [0.4, 0.5) is 10.8 Å². The Bertz CT molecular complexity index is 1060. The molecule has 0 atom stereocenters. The van der Waals surface area contributed by atoms with Crippen LogP contribution in [0.25, 0.3) is 10.2 Å². The molecule has 0 aliphatic carbocycles. The monoisotopic (exact) mass is 410 g/mol. The number of fused-ring (bicyclic) bond motifs is 1. The zero-order valence-electron chi connectivity index (χ0n) is 13.5. The number of thiophene rings is 1. The largest absolute Gasteiger partial charge is 0.326 e. The van der Waals surface area contributed by atoms with E-state index < -0.39 is 22.5 Å². The zero-order valence-corrected chi connectivity index (χ0v) is 15.9. The average Bonchev–Trinajstić information content (AvgIpc) is 3.21. The SMILES string of the molecule is CC(=O)Nc1ccc2nc(NC(=O)CNS(=O)(=O)c3cccs3)sc2c1. The van der Waals surface area contributed by atoms with E-state index in [4.69, 9.17) is 0 Å². The van der Waals surface area contributed by atoms with Crippen molar-refractivity contribution in [1.29, 1.82) is 0 Å². The summed E-state index contributed by atoms with van der Waals surface area (Å²) in [6.45, 7) is 1.02. The highest BCUT2D eigenvalue weighted by atomic mass is 32.2. The summed E-state index contributed by atoms with van der Waals surface area (Å²) in [6.07, 6.45) is 0. The Balaban J connectivity index is 1.65. The summed E-state index contributed by atoms with van der Waals surface area (Å²) in [5.74, 6) is -0.702. The molecule has 1 aromatic carbocycles. The second-order valence-electron chi connectivity index (χ2n) is 5.19. The number of anilines is 2. The van der Waals surface area contributed by atoms with Gasteiger partial charge in [-0.3, -0.25) is 9.59 Å². The number of sulfonamides is 1. The van der Waals surface area contributed by atoms with Crippen molar-refractivity contribution in [1.82, 2.24) is 9.71 Å². The number of hydrogen-bond donors (Lipinski definition) is 3. The number of nitrogens with zero attached hydrogens (tertiary/aromatic N) is 1. The molecule has 26 heavy (non-hydrogen) atoms. The van der Waals surface area contributed by atoms with Gasteiger partial charge in [-0.15, -0.1) is 11.3 Å². The predicted molar refractivity (Wildman–Crippen MR) is 102 cm³/mol. The lowest BCUT2D eigenvalue weighted by Crippen LogP contribution is -2.32. The molecule has 0 bridgehead atoms. The molecule has 0 saturated heterocycles. The van der Waals surface area contributed by atoms with Gasteiger partial charge in [0.05, 0.1) is 16.8 Å².